The lowest BCUT2D eigenvalue weighted by atomic mass is 10.2. The van der Waals surface area contributed by atoms with Gasteiger partial charge in [0.15, 0.2) is 0 Å². The van der Waals surface area contributed by atoms with Crippen LogP contribution in [0, 0.1) is 0 Å². The van der Waals surface area contributed by atoms with E-state index in [-0.39, 0.29) is 4.83 Å². The molecule has 6 nitrogen and oxygen atoms in total. The monoisotopic (exact) mass is 411 g/mol. The molecule has 1 aromatic carbocycles. The molecular weight excluding hydrogens is 402 g/mol. The maximum Gasteiger partial charge on any atom is 0.247 e. The fourth-order valence-electron chi connectivity index (χ4n) is 1.74. The van der Waals surface area contributed by atoms with Crippen molar-refractivity contribution in [1.29, 1.82) is 0 Å². The molecule has 108 valence electrons. The average molecular weight is 413 g/mol. The number of rotatable bonds is 4. The van der Waals surface area contributed by atoms with Crippen LogP contribution in [-0.2, 0) is 6.54 Å². The summed E-state index contributed by atoms with van der Waals surface area (Å²) in [6.07, 6.45) is 1.85. The molecule has 0 aliphatic carbocycles. The Bertz CT molecular complexity index is 735. The summed E-state index contributed by atoms with van der Waals surface area (Å²) in [7, 11) is 0. The lowest BCUT2D eigenvalue weighted by molar-refractivity contribution is 0.469. The molecule has 21 heavy (non-hydrogen) atoms. The summed E-state index contributed by atoms with van der Waals surface area (Å²) in [6, 6.07) is 7.70. The van der Waals surface area contributed by atoms with Crippen LogP contribution in [0.1, 0.15) is 23.3 Å². The standard InChI is InChI=1S/C13H11Br2N5O/c1-8(14)11-6-20(19-16-11)7-12-17-18-13(21-12)9-2-4-10(15)5-3-9/h2-6,8H,7H2,1H3. The summed E-state index contributed by atoms with van der Waals surface area (Å²) >= 11 is 6.84. The van der Waals surface area contributed by atoms with E-state index in [1.165, 1.54) is 0 Å². The first-order chi connectivity index (χ1) is 10.1. The minimum Gasteiger partial charge on any atom is -0.419 e. The first-order valence-corrected chi connectivity index (χ1v) is 7.95. The molecule has 0 bridgehead atoms. The molecule has 2 aromatic heterocycles. The summed E-state index contributed by atoms with van der Waals surface area (Å²) in [5.74, 6) is 0.985. The summed E-state index contributed by atoms with van der Waals surface area (Å²) in [5.41, 5.74) is 1.74. The number of nitrogens with zero attached hydrogens (tertiary/aromatic N) is 5. The first kappa shape index (κ1) is 14.4. The zero-order valence-electron chi connectivity index (χ0n) is 11.1. The number of alkyl halides is 1. The molecule has 0 fully saturated rings. The quantitative estimate of drug-likeness (QED) is 0.612. The Hall–Kier alpha value is -1.54. The maximum atomic E-state index is 5.65. The van der Waals surface area contributed by atoms with Gasteiger partial charge >= 0.3 is 0 Å². The molecule has 0 amide bonds. The van der Waals surface area contributed by atoms with Gasteiger partial charge in [0.25, 0.3) is 0 Å². The van der Waals surface area contributed by atoms with E-state index in [0.29, 0.717) is 18.3 Å². The number of halogens is 2. The summed E-state index contributed by atoms with van der Waals surface area (Å²) in [6.45, 7) is 2.39. The van der Waals surface area contributed by atoms with Crippen molar-refractivity contribution < 1.29 is 4.42 Å². The number of hydrogen-bond acceptors (Lipinski definition) is 5. The Labute approximate surface area is 137 Å². The summed E-state index contributed by atoms with van der Waals surface area (Å²) < 4.78 is 8.32. The zero-order chi connectivity index (χ0) is 14.8. The van der Waals surface area contributed by atoms with Gasteiger partial charge in [-0.2, -0.15) is 0 Å². The molecule has 0 aliphatic heterocycles. The first-order valence-electron chi connectivity index (χ1n) is 6.24. The number of aromatic nitrogens is 5. The minimum absolute atomic E-state index is 0.160. The van der Waals surface area contributed by atoms with Gasteiger partial charge in [-0.25, -0.2) is 4.68 Å². The normalized spacial score (nSPS) is 12.5. The highest BCUT2D eigenvalue weighted by atomic mass is 79.9. The van der Waals surface area contributed by atoms with Gasteiger partial charge in [-0.15, -0.1) is 15.3 Å². The Morgan fingerprint density at radius 3 is 2.62 bits per heavy atom. The molecular formula is C13H11Br2N5O. The van der Waals surface area contributed by atoms with Gasteiger partial charge in [0.2, 0.25) is 11.8 Å². The second-order valence-electron chi connectivity index (χ2n) is 4.46. The summed E-state index contributed by atoms with van der Waals surface area (Å²) in [5, 5.41) is 16.2. The Kier molecular flexibility index (Phi) is 4.16. The van der Waals surface area contributed by atoms with Crippen molar-refractivity contribution in [1.82, 2.24) is 25.2 Å². The third kappa shape index (κ3) is 3.38. The van der Waals surface area contributed by atoms with Crippen molar-refractivity contribution >= 4 is 31.9 Å². The molecule has 0 aliphatic rings. The maximum absolute atomic E-state index is 5.65. The van der Waals surface area contributed by atoms with E-state index < -0.39 is 0 Å². The highest BCUT2D eigenvalue weighted by molar-refractivity contribution is 9.10. The Balaban J connectivity index is 1.76. The molecule has 0 N–H and O–H groups in total. The average Bonchev–Trinajstić information content (AvgIpc) is 3.10. The fraction of sp³-hybridized carbons (Fsp3) is 0.231. The van der Waals surface area contributed by atoms with E-state index in [0.717, 1.165) is 15.7 Å². The predicted octanol–water partition coefficient (Wildman–Crippen LogP) is 3.59. The molecule has 1 unspecified atom stereocenters. The topological polar surface area (TPSA) is 69.6 Å². The van der Waals surface area contributed by atoms with Gasteiger partial charge < -0.3 is 4.42 Å². The molecule has 0 saturated carbocycles. The van der Waals surface area contributed by atoms with E-state index in [1.54, 1.807) is 4.68 Å². The van der Waals surface area contributed by atoms with Crippen molar-refractivity contribution in [2.45, 2.75) is 18.3 Å². The smallest absolute Gasteiger partial charge is 0.247 e. The van der Waals surface area contributed by atoms with E-state index in [9.17, 15) is 0 Å². The fourth-order valence-corrected chi connectivity index (χ4v) is 2.21. The van der Waals surface area contributed by atoms with Crippen molar-refractivity contribution in [3.63, 3.8) is 0 Å². The van der Waals surface area contributed by atoms with Crippen molar-refractivity contribution in [3.8, 4) is 11.5 Å². The van der Waals surface area contributed by atoms with Gasteiger partial charge in [-0.1, -0.05) is 37.1 Å². The van der Waals surface area contributed by atoms with Crippen LogP contribution in [0.3, 0.4) is 0 Å². The van der Waals surface area contributed by atoms with E-state index in [1.807, 2.05) is 37.4 Å². The van der Waals surface area contributed by atoms with Gasteiger partial charge in [-0.05, 0) is 31.2 Å². The van der Waals surface area contributed by atoms with Crippen LogP contribution in [0.25, 0.3) is 11.5 Å². The highest BCUT2D eigenvalue weighted by Gasteiger charge is 2.11. The second kappa shape index (κ2) is 6.07. The second-order valence-corrected chi connectivity index (χ2v) is 6.75. The molecule has 8 heteroatoms. The van der Waals surface area contributed by atoms with Crippen LogP contribution in [0.2, 0.25) is 0 Å². The van der Waals surface area contributed by atoms with Crippen LogP contribution in [0.15, 0.2) is 39.4 Å². The van der Waals surface area contributed by atoms with Gasteiger partial charge in [-0.3, -0.25) is 0 Å². The third-order valence-electron chi connectivity index (χ3n) is 2.82. The summed E-state index contributed by atoms with van der Waals surface area (Å²) in [4.78, 5) is 0.160. The van der Waals surface area contributed by atoms with Crippen molar-refractivity contribution in [2.75, 3.05) is 0 Å². The van der Waals surface area contributed by atoms with Crippen molar-refractivity contribution in [3.05, 3.63) is 46.5 Å². The zero-order valence-corrected chi connectivity index (χ0v) is 14.2. The molecule has 0 spiro atoms. The number of hydrogen-bond donors (Lipinski definition) is 0. The van der Waals surface area contributed by atoms with Gasteiger partial charge in [0.1, 0.15) is 6.54 Å². The van der Waals surface area contributed by atoms with Crippen LogP contribution in [0.5, 0.6) is 0 Å². The van der Waals surface area contributed by atoms with Gasteiger partial charge in [0, 0.05) is 10.0 Å². The molecule has 3 rings (SSSR count). The number of benzene rings is 1. The molecule has 0 saturated heterocycles. The van der Waals surface area contributed by atoms with Crippen LogP contribution < -0.4 is 0 Å². The molecule has 0 radical (unpaired) electrons. The largest absolute Gasteiger partial charge is 0.419 e. The Morgan fingerprint density at radius 2 is 1.95 bits per heavy atom. The predicted molar refractivity (Wildman–Crippen MR) is 83.9 cm³/mol. The molecule has 1 atom stereocenters. The SMILES string of the molecule is CC(Br)c1cn(Cc2nnc(-c3ccc(Br)cc3)o2)nn1. The van der Waals surface area contributed by atoms with E-state index in [2.05, 4.69) is 52.4 Å². The highest BCUT2D eigenvalue weighted by Crippen LogP contribution is 2.21. The lowest BCUT2D eigenvalue weighted by Crippen LogP contribution is -2.00. The van der Waals surface area contributed by atoms with E-state index >= 15 is 0 Å². The van der Waals surface area contributed by atoms with Crippen molar-refractivity contribution in [2.24, 2.45) is 0 Å². The third-order valence-corrected chi connectivity index (χ3v) is 3.82. The van der Waals surface area contributed by atoms with Crippen LogP contribution in [0.4, 0.5) is 0 Å². The Morgan fingerprint density at radius 1 is 1.19 bits per heavy atom. The molecule has 2 heterocycles. The lowest BCUT2D eigenvalue weighted by Gasteiger charge is -1.96. The van der Waals surface area contributed by atoms with E-state index in [4.69, 9.17) is 4.42 Å². The van der Waals surface area contributed by atoms with Gasteiger partial charge in [0.05, 0.1) is 16.7 Å². The van der Waals surface area contributed by atoms with Crippen LogP contribution in [-0.4, -0.2) is 25.2 Å². The van der Waals surface area contributed by atoms with Crippen LogP contribution >= 0.6 is 31.9 Å². The minimum atomic E-state index is 0.160. The molecule has 3 aromatic rings.